The monoisotopic (exact) mass is 544 g/mol. The quantitative estimate of drug-likeness (QED) is 0.505. The van der Waals surface area contributed by atoms with Crippen LogP contribution in [0.25, 0.3) is 0 Å². The summed E-state index contributed by atoms with van der Waals surface area (Å²) >= 11 is 0. The SMILES string of the molecule is COc1cc(C(=O)N[C@H]2CCCC[C@@H]2O)ccc1Nc1ncc2c(n1)N(C1CCCC1)CC(F)(F)C(=O)N2C. The number of nitrogens with zero attached hydrogens (tertiary/aromatic N) is 4. The summed E-state index contributed by atoms with van der Waals surface area (Å²) in [6.07, 6.45) is 7.45. The number of anilines is 4. The molecule has 2 heterocycles. The molecule has 1 aromatic carbocycles. The molecule has 3 aliphatic rings. The average molecular weight is 545 g/mol. The molecule has 2 saturated carbocycles. The molecule has 2 aromatic rings. The highest BCUT2D eigenvalue weighted by Gasteiger charge is 2.48. The Morgan fingerprint density at radius 3 is 2.59 bits per heavy atom. The number of alkyl halides is 2. The van der Waals surface area contributed by atoms with Gasteiger partial charge < -0.3 is 30.3 Å². The lowest BCUT2D eigenvalue weighted by molar-refractivity contribution is -0.140. The lowest BCUT2D eigenvalue weighted by atomic mass is 9.92. The number of methoxy groups -OCH3 is 1. The standard InChI is InChI=1S/C27H34F2N6O4/c1-34-20-14-30-26(33-23(20)35(17-7-3-4-8-17)15-27(28,29)25(34)38)32-19-12-11-16(13-22(19)39-2)24(37)31-18-9-5-6-10-21(18)36/h11-14,17-18,21,36H,3-10,15H2,1-2H3,(H,31,37)(H,30,32,33)/t18-,21-/m0/s1. The van der Waals surface area contributed by atoms with E-state index in [1.165, 1.54) is 20.4 Å². The Balaban J connectivity index is 1.40. The van der Waals surface area contributed by atoms with E-state index in [4.69, 9.17) is 4.74 Å². The molecule has 1 aromatic heterocycles. The van der Waals surface area contributed by atoms with Crippen LogP contribution < -0.4 is 25.2 Å². The molecule has 2 fully saturated rings. The van der Waals surface area contributed by atoms with E-state index in [1.54, 1.807) is 23.1 Å². The van der Waals surface area contributed by atoms with E-state index < -0.39 is 24.5 Å². The Kier molecular flexibility index (Phi) is 7.57. The number of aliphatic hydroxyl groups is 1. The minimum Gasteiger partial charge on any atom is -0.495 e. The predicted octanol–water partition coefficient (Wildman–Crippen LogP) is 3.62. The smallest absolute Gasteiger partial charge is 0.342 e. The van der Waals surface area contributed by atoms with Crippen molar-refractivity contribution in [2.45, 2.75) is 75.5 Å². The lowest BCUT2D eigenvalue weighted by Crippen LogP contribution is -2.48. The van der Waals surface area contributed by atoms with Gasteiger partial charge in [0.25, 0.3) is 11.8 Å². The third-order valence-electron chi connectivity index (χ3n) is 7.89. The molecule has 10 nitrogen and oxygen atoms in total. The van der Waals surface area contributed by atoms with E-state index in [9.17, 15) is 23.5 Å². The van der Waals surface area contributed by atoms with Crippen LogP contribution in [0.2, 0.25) is 0 Å². The Labute approximate surface area is 225 Å². The second-order valence-electron chi connectivity index (χ2n) is 10.5. The van der Waals surface area contributed by atoms with Crippen molar-refractivity contribution >= 4 is 35.0 Å². The zero-order chi connectivity index (χ0) is 27.7. The first-order valence-corrected chi connectivity index (χ1v) is 13.4. The van der Waals surface area contributed by atoms with Gasteiger partial charge in [0.1, 0.15) is 11.4 Å². The van der Waals surface area contributed by atoms with Gasteiger partial charge in [-0.25, -0.2) is 4.98 Å². The highest BCUT2D eigenvalue weighted by atomic mass is 19.3. The Morgan fingerprint density at radius 1 is 1.15 bits per heavy atom. The molecule has 210 valence electrons. The van der Waals surface area contributed by atoms with Gasteiger partial charge in [-0.3, -0.25) is 9.59 Å². The number of rotatable bonds is 6. The lowest BCUT2D eigenvalue weighted by Gasteiger charge is -2.31. The van der Waals surface area contributed by atoms with Gasteiger partial charge in [0, 0.05) is 18.7 Å². The average Bonchev–Trinajstić information content (AvgIpc) is 3.45. The molecule has 2 aliphatic carbocycles. The molecule has 3 N–H and O–H groups in total. The molecule has 0 bridgehead atoms. The van der Waals surface area contributed by atoms with E-state index in [-0.39, 0.29) is 35.4 Å². The molecular weight excluding hydrogens is 510 g/mol. The molecule has 0 unspecified atom stereocenters. The molecule has 12 heteroatoms. The van der Waals surface area contributed by atoms with Gasteiger partial charge in [0.2, 0.25) is 5.95 Å². The molecule has 0 saturated heterocycles. The van der Waals surface area contributed by atoms with E-state index in [0.717, 1.165) is 49.8 Å². The van der Waals surface area contributed by atoms with Crippen LogP contribution in [0, 0.1) is 0 Å². The number of hydrogen-bond donors (Lipinski definition) is 3. The van der Waals surface area contributed by atoms with Crippen molar-refractivity contribution in [2.24, 2.45) is 0 Å². The highest BCUT2D eigenvalue weighted by Crippen LogP contribution is 2.40. The third kappa shape index (κ3) is 5.47. The minimum atomic E-state index is -3.56. The molecular formula is C27H34F2N6O4. The highest BCUT2D eigenvalue weighted by molar-refractivity contribution is 6.02. The summed E-state index contributed by atoms with van der Waals surface area (Å²) in [6, 6.07) is 4.42. The van der Waals surface area contributed by atoms with Gasteiger partial charge in [0.05, 0.1) is 37.7 Å². The van der Waals surface area contributed by atoms with Crippen molar-refractivity contribution < 1.29 is 28.2 Å². The molecule has 1 aliphatic heterocycles. The molecule has 0 radical (unpaired) electrons. The van der Waals surface area contributed by atoms with Gasteiger partial charge in [-0.05, 0) is 43.9 Å². The van der Waals surface area contributed by atoms with Crippen LogP contribution in [0.5, 0.6) is 5.75 Å². The summed E-state index contributed by atoms with van der Waals surface area (Å²) in [5.74, 6) is -4.38. The Bertz CT molecular complexity index is 1240. The fourth-order valence-electron chi connectivity index (χ4n) is 5.69. The van der Waals surface area contributed by atoms with Crippen LogP contribution >= 0.6 is 0 Å². The maximum absolute atomic E-state index is 14.8. The van der Waals surface area contributed by atoms with Crippen LogP contribution in [-0.2, 0) is 4.79 Å². The minimum absolute atomic E-state index is 0.142. The second-order valence-corrected chi connectivity index (χ2v) is 10.5. The molecule has 0 spiro atoms. The second kappa shape index (κ2) is 10.9. The van der Waals surface area contributed by atoms with Crippen LogP contribution in [0.3, 0.4) is 0 Å². The maximum Gasteiger partial charge on any atom is 0.342 e. The van der Waals surface area contributed by atoms with E-state index in [2.05, 4.69) is 20.6 Å². The van der Waals surface area contributed by atoms with Crippen molar-refractivity contribution in [1.82, 2.24) is 15.3 Å². The number of halogens is 2. The van der Waals surface area contributed by atoms with Crippen molar-refractivity contribution in [3.8, 4) is 5.75 Å². The number of hydrogen-bond acceptors (Lipinski definition) is 8. The van der Waals surface area contributed by atoms with Crippen molar-refractivity contribution in [2.75, 3.05) is 35.8 Å². The zero-order valence-corrected chi connectivity index (χ0v) is 22.1. The summed E-state index contributed by atoms with van der Waals surface area (Å²) in [6.45, 7) is -0.743. The first kappa shape index (κ1) is 27.0. The summed E-state index contributed by atoms with van der Waals surface area (Å²) in [5, 5.41) is 16.2. The van der Waals surface area contributed by atoms with E-state index in [1.807, 2.05) is 0 Å². The summed E-state index contributed by atoms with van der Waals surface area (Å²) in [7, 11) is 2.78. The summed E-state index contributed by atoms with van der Waals surface area (Å²) in [4.78, 5) is 36.7. The van der Waals surface area contributed by atoms with Gasteiger partial charge >= 0.3 is 5.92 Å². The fourth-order valence-corrected chi connectivity index (χ4v) is 5.69. The van der Waals surface area contributed by atoms with Gasteiger partial charge in [0.15, 0.2) is 5.82 Å². The van der Waals surface area contributed by atoms with Crippen molar-refractivity contribution in [3.63, 3.8) is 0 Å². The fraction of sp³-hybridized carbons (Fsp3) is 0.556. The Morgan fingerprint density at radius 2 is 1.87 bits per heavy atom. The predicted molar refractivity (Wildman–Crippen MR) is 142 cm³/mol. The van der Waals surface area contributed by atoms with Gasteiger partial charge in [-0.2, -0.15) is 13.8 Å². The number of carbonyl (C=O) groups excluding carboxylic acids is 2. The van der Waals surface area contributed by atoms with Crippen molar-refractivity contribution in [1.29, 1.82) is 0 Å². The first-order chi connectivity index (χ1) is 18.7. The number of benzene rings is 1. The molecule has 39 heavy (non-hydrogen) atoms. The largest absolute Gasteiger partial charge is 0.495 e. The number of amides is 2. The number of aliphatic hydroxyl groups excluding tert-OH is 1. The maximum atomic E-state index is 14.8. The number of nitrogens with one attached hydrogen (secondary N) is 2. The Hall–Kier alpha value is -3.54. The third-order valence-corrected chi connectivity index (χ3v) is 7.89. The van der Waals surface area contributed by atoms with Gasteiger partial charge in [-0.1, -0.05) is 25.7 Å². The number of carbonyl (C=O) groups is 2. The van der Waals surface area contributed by atoms with Gasteiger partial charge in [-0.15, -0.1) is 0 Å². The number of aromatic nitrogens is 2. The number of fused-ring (bicyclic) bond motifs is 1. The molecule has 2 amide bonds. The van der Waals surface area contributed by atoms with E-state index >= 15 is 0 Å². The topological polar surface area (TPSA) is 120 Å². The normalized spacial score (nSPS) is 23.3. The van der Waals surface area contributed by atoms with Crippen LogP contribution in [0.4, 0.5) is 31.9 Å². The van der Waals surface area contributed by atoms with Crippen molar-refractivity contribution in [3.05, 3.63) is 30.0 Å². The van der Waals surface area contributed by atoms with E-state index in [0.29, 0.717) is 23.4 Å². The molecule has 2 atom stereocenters. The summed E-state index contributed by atoms with van der Waals surface area (Å²) in [5.41, 5.74) is 1.06. The van der Waals surface area contributed by atoms with Crippen LogP contribution in [0.15, 0.2) is 24.4 Å². The first-order valence-electron chi connectivity index (χ1n) is 13.4. The molecule has 5 rings (SSSR count). The zero-order valence-electron chi connectivity index (χ0n) is 22.1. The number of ether oxygens (including phenoxy) is 1. The van der Waals surface area contributed by atoms with Crippen LogP contribution in [-0.4, -0.2) is 71.7 Å². The summed E-state index contributed by atoms with van der Waals surface area (Å²) < 4.78 is 35.2. The van der Waals surface area contributed by atoms with Crippen LogP contribution in [0.1, 0.15) is 61.7 Å².